The lowest BCUT2D eigenvalue weighted by molar-refractivity contribution is 0.222. The van der Waals surface area contributed by atoms with Gasteiger partial charge in [0.2, 0.25) is 0 Å². The number of aromatic nitrogens is 3. The highest BCUT2D eigenvalue weighted by Crippen LogP contribution is 2.25. The van der Waals surface area contributed by atoms with Crippen molar-refractivity contribution in [3.8, 4) is 28.8 Å². The van der Waals surface area contributed by atoms with E-state index in [-0.39, 0.29) is 6.10 Å². The molecule has 5 heteroatoms. The van der Waals surface area contributed by atoms with Crippen LogP contribution in [0.1, 0.15) is 13.8 Å². The molecule has 1 heterocycles. The van der Waals surface area contributed by atoms with Crippen molar-refractivity contribution in [1.29, 1.82) is 0 Å². The molecule has 0 bridgehead atoms. The molecule has 118 valence electrons. The average Bonchev–Trinajstić information content (AvgIpc) is 2.99. The van der Waals surface area contributed by atoms with E-state index in [1.54, 1.807) is 11.8 Å². The van der Waals surface area contributed by atoms with Crippen LogP contribution >= 0.6 is 0 Å². The van der Waals surface area contributed by atoms with Gasteiger partial charge in [-0.15, -0.1) is 5.10 Å². The third-order valence-corrected chi connectivity index (χ3v) is 3.28. The summed E-state index contributed by atoms with van der Waals surface area (Å²) in [6.45, 7) is 3.91. The number of para-hydroxylation sites is 1. The van der Waals surface area contributed by atoms with Gasteiger partial charge in [0.25, 0.3) is 0 Å². The van der Waals surface area contributed by atoms with E-state index in [1.165, 1.54) is 0 Å². The predicted octanol–water partition coefficient (Wildman–Crippen LogP) is 3.73. The molecular weight excluding hydrogens is 290 g/mol. The summed E-state index contributed by atoms with van der Waals surface area (Å²) in [5, 5.41) is 4.49. The molecule has 0 saturated carbocycles. The Hall–Kier alpha value is -2.82. The Balaban J connectivity index is 2.07. The molecule has 0 aliphatic heterocycles. The van der Waals surface area contributed by atoms with Crippen molar-refractivity contribution in [3.05, 3.63) is 54.6 Å². The highest BCUT2D eigenvalue weighted by atomic mass is 16.5. The van der Waals surface area contributed by atoms with Gasteiger partial charge in [0.15, 0.2) is 5.82 Å². The van der Waals surface area contributed by atoms with Gasteiger partial charge < -0.3 is 9.47 Å². The van der Waals surface area contributed by atoms with Crippen LogP contribution in [0, 0.1) is 0 Å². The zero-order chi connectivity index (χ0) is 16.2. The van der Waals surface area contributed by atoms with Gasteiger partial charge in [-0.25, -0.2) is 4.68 Å². The number of rotatable bonds is 5. The van der Waals surface area contributed by atoms with Crippen molar-refractivity contribution in [2.75, 3.05) is 7.11 Å². The van der Waals surface area contributed by atoms with Crippen molar-refractivity contribution in [3.63, 3.8) is 0 Å². The van der Waals surface area contributed by atoms with Crippen LogP contribution in [0.5, 0.6) is 11.8 Å². The Kier molecular flexibility index (Phi) is 4.28. The second kappa shape index (κ2) is 6.52. The largest absolute Gasteiger partial charge is 0.497 e. The molecule has 3 rings (SSSR count). The van der Waals surface area contributed by atoms with E-state index in [2.05, 4.69) is 10.1 Å². The molecule has 3 aromatic rings. The molecule has 0 unspecified atom stereocenters. The van der Waals surface area contributed by atoms with Gasteiger partial charge in [-0.3, -0.25) is 0 Å². The first kappa shape index (κ1) is 15.1. The van der Waals surface area contributed by atoms with Crippen LogP contribution in [0.2, 0.25) is 0 Å². The second-order valence-corrected chi connectivity index (χ2v) is 5.36. The fourth-order valence-corrected chi connectivity index (χ4v) is 2.23. The molecule has 2 aromatic carbocycles. The lowest BCUT2D eigenvalue weighted by atomic mass is 10.2. The van der Waals surface area contributed by atoms with E-state index in [0.29, 0.717) is 6.01 Å². The van der Waals surface area contributed by atoms with Crippen LogP contribution < -0.4 is 9.47 Å². The summed E-state index contributed by atoms with van der Waals surface area (Å²) >= 11 is 0. The van der Waals surface area contributed by atoms with Gasteiger partial charge in [0, 0.05) is 5.56 Å². The molecule has 0 atom stereocenters. The topological polar surface area (TPSA) is 49.2 Å². The first-order valence-corrected chi connectivity index (χ1v) is 7.51. The maximum Gasteiger partial charge on any atom is 0.336 e. The highest BCUT2D eigenvalue weighted by Gasteiger charge is 2.15. The Morgan fingerprint density at radius 2 is 1.65 bits per heavy atom. The normalized spacial score (nSPS) is 10.8. The summed E-state index contributed by atoms with van der Waals surface area (Å²) < 4.78 is 12.7. The number of nitrogens with zero attached hydrogens (tertiary/aromatic N) is 3. The first-order chi connectivity index (χ1) is 11.2. The van der Waals surface area contributed by atoms with Crippen LogP contribution in [0.25, 0.3) is 17.1 Å². The fourth-order valence-electron chi connectivity index (χ4n) is 2.23. The summed E-state index contributed by atoms with van der Waals surface area (Å²) in [6.07, 6.45) is 0.0188. The highest BCUT2D eigenvalue weighted by molar-refractivity contribution is 5.59. The summed E-state index contributed by atoms with van der Waals surface area (Å²) in [7, 11) is 1.65. The number of hydrogen-bond donors (Lipinski definition) is 0. The Labute approximate surface area is 135 Å². The minimum absolute atomic E-state index is 0.0188. The zero-order valence-electron chi connectivity index (χ0n) is 13.4. The molecule has 0 spiro atoms. The minimum atomic E-state index is 0.0188. The van der Waals surface area contributed by atoms with Gasteiger partial charge in [0.1, 0.15) is 5.75 Å². The van der Waals surface area contributed by atoms with Crippen molar-refractivity contribution in [2.24, 2.45) is 0 Å². The van der Waals surface area contributed by atoms with Crippen molar-refractivity contribution in [2.45, 2.75) is 20.0 Å². The summed E-state index contributed by atoms with van der Waals surface area (Å²) in [5.41, 5.74) is 1.88. The van der Waals surface area contributed by atoms with Crippen LogP contribution in [-0.2, 0) is 0 Å². The lowest BCUT2D eigenvalue weighted by Crippen LogP contribution is -2.07. The smallest absolute Gasteiger partial charge is 0.336 e. The van der Waals surface area contributed by atoms with Crippen molar-refractivity contribution in [1.82, 2.24) is 14.8 Å². The molecule has 0 fully saturated rings. The zero-order valence-corrected chi connectivity index (χ0v) is 13.4. The summed E-state index contributed by atoms with van der Waals surface area (Å²) in [5.74, 6) is 1.53. The van der Waals surface area contributed by atoms with Gasteiger partial charge in [-0.1, -0.05) is 18.2 Å². The maximum atomic E-state index is 5.66. The van der Waals surface area contributed by atoms with Crippen LogP contribution in [-0.4, -0.2) is 28.0 Å². The monoisotopic (exact) mass is 309 g/mol. The minimum Gasteiger partial charge on any atom is -0.497 e. The Bertz CT molecular complexity index is 765. The number of methoxy groups -OCH3 is 1. The molecular formula is C18H19N3O2. The first-order valence-electron chi connectivity index (χ1n) is 7.51. The van der Waals surface area contributed by atoms with E-state index in [4.69, 9.17) is 9.47 Å². The Morgan fingerprint density at radius 3 is 2.26 bits per heavy atom. The molecule has 0 aliphatic carbocycles. The lowest BCUT2D eigenvalue weighted by Gasteiger charge is -2.06. The molecule has 0 radical (unpaired) electrons. The SMILES string of the molecule is COc1ccc(-c2nc(OC(C)C)nn2-c2ccccc2)cc1. The third kappa shape index (κ3) is 3.34. The number of hydrogen-bond acceptors (Lipinski definition) is 4. The summed E-state index contributed by atoms with van der Waals surface area (Å²) in [6, 6.07) is 18.0. The molecule has 0 saturated heterocycles. The molecule has 1 aromatic heterocycles. The van der Waals surface area contributed by atoms with E-state index < -0.39 is 0 Å². The number of ether oxygens (including phenoxy) is 2. The van der Waals surface area contributed by atoms with Gasteiger partial charge >= 0.3 is 6.01 Å². The van der Waals surface area contributed by atoms with E-state index >= 15 is 0 Å². The quantitative estimate of drug-likeness (QED) is 0.720. The predicted molar refractivity (Wildman–Crippen MR) is 89.1 cm³/mol. The molecule has 0 amide bonds. The van der Waals surface area contributed by atoms with Crippen LogP contribution in [0.15, 0.2) is 54.6 Å². The van der Waals surface area contributed by atoms with Crippen LogP contribution in [0.3, 0.4) is 0 Å². The Morgan fingerprint density at radius 1 is 0.957 bits per heavy atom. The van der Waals surface area contributed by atoms with E-state index in [0.717, 1.165) is 22.8 Å². The molecule has 23 heavy (non-hydrogen) atoms. The van der Waals surface area contributed by atoms with Gasteiger partial charge in [0.05, 0.1) is 18.9 Å². The van der Waals surface area contributed by atoms with E-state index in [9.17, 15) is 0 Å². The maximum absolute atomic E-state index is 5.66. The molecule has 5 nitrogen and oxygen atoms in total. The second-order valence-electron chi connectivity index (χ2n) is 5.36. The van der Waals surface area contributed by atoms with Crippen molar-refractivity contribution >= 4 is 0 Å². The van der Waals surface area contributed by atoms with Crippen LogP contribution in [0.4, 0.5) is 0 Å². The molecule has 0 N–H and O–H groups in total. The number of benzene rings is 2. The summed E-state index contributed by atoms with van der Waals surface area (Å²) in [4.78, 5) is 4.54. The fraction of sp³-hybridized carbons (Fsp3) is 0.222. The van der Waals surface area contributed by atoms with E-state index in [1.807, 2.05) is 68.4 Å². The average molecular weight is 309 g/mol. The standard InChI is InChI=1S/C18H19N3O2/c1-13(2)23-18-19-17(14-9-11-16(22-3)12-10-14)21(20-18)15-7-5-4-6-8-15/h4-13H,1-3H3. The third-order valence-electron chi connectivity index (χ3n) is 3.28. The van der Waals surface area contributed by atoms with Gasteiger partial charge in [-0.2, -0.15) is 4.98 Å². The molecule has 0 aliphatic rings. The van der Waals surface area contributed by atoms with Gasteiger partial charge in [-0.05, 0) is 50.2 Å². The van der Waals surface area contributed by atoms with Crippen molar-refractivity contribution < 1.29 is 9.47 Å².